The van der Waals surface area contributed by atoms with Crippen LogP contribution in [0.3, 0.4) is 0 Å². The van der Waals surface area contributed by atoms with Gasteiger partial charge in [-0.05, 0) is 19.1 Å². The summed E-state index contributed by atoms with van der Waals surface area (Å²) in [5.41, 5.74) is 0. The van der Waals surface area contributed by atoms with Gasteiger partial charge < -0.3 is 14.6 Å². The molecule has 0 amide bonds. The van der Waals surface area contributed by atoms with Crippen molar-refractivity contribution in [3.63, 3.8) is 0 Å². The summed E-state index contributed by atoms with van der Waals surface area (Å²) in [4.78, 5) is 10.5. The Morgan fingerprint density at radius 1 is 1.32 bits per heavy atom. The number of hydrogen-bond donors (Lipinski definition) is 2. The van der Waals surface area contributed by atoms with E-state index in [0.29, 0.717) is 6.61 Å². The number of ether oxygens (including phenoxy) is 2. The van der Waals surface area contributed by atoms with Crippen molar-refractivity contribution in [2.45, 2.75) is 17.9 Å². The van der Waals surface area contributed by atoms with Gasteiger partial charge in [0.05, 0.1) is 21.5 Å². The topological polar surface area (TPSA) is 102 Å². The summed E-state index contributed by atoms with van der Waals surface area (Å²) in [5, 5.41) is 8.74. The molecule has 0 spiro atoms. The largest absolute Gasteiger partial charge is 0.488 e. The molecule has 0 radical (unpaired) electrons. The van der Waals surface area contributed by atoms with E-state index in [9.17, 15) is 13.2 Å². The molecule has 0 saturated carbocycles. The van der Waals surface area contributed by atoms with Crippen LogP contribution in [0, 0.1) is 0 Å². The zero-order valence-electron chi connectivity index (χ0n) is 11.8. The number of aliphatic carboxylic acids is 1. The van der Waals surface area contributed by atoms with Crippen molar-refractivity contribution in [1.82, 2.24) is 4.72 Å². The fraction of sp³-hybridized carbons (Fsp3) is 0.417. The van der Waals surface area contributed by atoms with Crippen LogP contribution in [0.25, 0.3) is 0 Å². The summed E-state index contributed by atoms with van der Waals surface area (Å²) in [6, 6.07) is 0.971. The van der Waals surface area contributed by atoms with Crippen LogP contribution < -0.4 is 9.46 Å². The highest BCUT2D eigenvalue weighted by atomic mass is 35.5. The van der Waals surface area contributed by atoms with Crippen molar-refractivity contribution in [1.29, 1.82) is 0 Å². The lowest BCUT2D eigenvalue weighted by Crippen LogP contribution is -2.38. The smallest absolute Gasteiger partial charge is 0.321 e. The Morgan fingerprint density at radius 2 is 1.86 bits per heavy atom. The molecule has 1 rings (SSSR count). The van der Waals surface area contributed by atoms with E-state index in [0.717, 1.165) is 12.1 Å². The maximum absolute atomic E-state index is 12.1. The summed E-state index contributed by atoms with van der Waals surface area (Å²) >= 11 is 11.9. The number of rotatable bonds is 8. The molecule has 1 aromatic rings. The van der Waals surface area contributed by atoms with Gasteiger partial charge in [0.2, 0.25) is 10.0 Å². The Bertz CT molecular complexity index is 626. The Kier molecular flexibility index (Phi) is 6.89. The number of halogens is 2. The molecule has 0 aliphatic rings. The highest BCUT2D eigenvalue weighted by molar-refractivity contribution is 7.89. The number of carbonyl (C=O) groups is 1. The third-order valence-corrected chi connectivity index (χ3v) is 4.60. The molecule has 0 heterocycles. The second kappa shape index (κ2) is 7.98. The van der Waals surface area contributed by atoms with Gasteiger partial charge in [0.1, 0.15) is 12.6 Å². The molecule has 1 unspecified atom stereocenters. The van der Waals surface area contributed by atoms with Crippen LogP contribution in [0.4, 0.5) is 0 Å². The molecule has 0 saturated heterocycles. The maximum Gasteiger partial charge on any atom is 0.321 e. The molecule has 7 nitrogen and oxygen atoms in total. The number of sulfonamides is 1. The molecule has 124 valence electrons. The molecule has 1 aromatic carbocycles. The molecule has 0 fully saturated rings. The normalized spacial score (nSPS) is 12.9. The number of benzene rings is 1. The molecule has 0 aromatic heterocycles. The maximum atomic E-state index is 12.1. The quantitative estimate of drug-likeness (QED) is 0.675. The van der Waals surface area contributed by atoms with Crippen molar-refractivity contribution in [3.05, 3.63) is 22.2 Å². The van der Waals surface area contributed by atoms with E-state index < -0.39 is 22.0 Å². The van der Waals surface area contributed by atoms with Crippen LogP contribution in [-0.2, 0) is 19.6 Å². The van der Waals surface area contributed by atoms with Crippen LogP contribution in [0.5, 0.6) is 5.75 Å². The first kappa shape index (κ1) is 19.0. The lowest BCUT2D eigenvalue weighted by molar-refractivity contribution is -0.138. The Morgan fingerprint density at radius 3 is 2.32 bits per heavy atom. The van der Waals surface area contributed by atoms with Gasteiger partial charge in [-0.2, -0.15) is 4.72 Å². The first-order valence-corrected chi connectivity index (χ1v) is 8.29. The predicted molar refractivity (Wildman–Crippen MR) is 81.3 cm³/mol. The molecule has 2 N–H and O–H groups in total. The van der Waals surface area contributed by atoms with Gasteiger partial charge in [-0.15, -0.1) is 0 Å². The summed E-state index contributed by atoms with van der Waals surface area (Å²) in [7, 11) is -2.57. The van der Waals surface area contributed by atoms with Crippen molar-refractivity contribution in [2.24, 2.45) is 0 Å². The van der Waals surface area contributed by atoms with Crippen LogP contribution in [0.15, 0.2) is 17.0 Å². The Balaban J connectivity index is 3.05. The monoisotopic (exact) mass is 371 g/mol. The minimum atomic E-state index is -4.07. The van der Waals surface area contributed by atoms with Crippen LogP contribution in [-0.4, -0.2) is 45.9 Å². The van der Waals surface area contributed by atoms with Crippen LogP contribution in [0.2, 0.25) is 10.0 Å². The fourth-order valence-electron chi connectivity index (χ4n) is 1.41. The average molecular weight is 372 g/mol. The predicted octanol–water partition coefficient (Wildman–Crippen LogP) is 1.77. The average Bonchev–Trinajstić information content (AvgIpc) is 2.41. The third kappa shape index (κ3) is 4.99. The van der Waals surface area contributed by atoms with Crippen molar-refractivity contribution in [2.75, 3.05) is 20.3 Å². The lowest BCUT2D eigenvalue weighted by atomic mass is 10.3. The van der Waals surface area contributed by atoms with Gasteiger partial charge in [0, 0.05) is 7.11 Å². The second-order valence-corrected chi connectivity index (χ2v) is 6.77. The molecule has 0 bridgehead atoms. The Labute approximate surface area is 138 Å². The first-order chi connectivity index (χ1) is 10.2. The van der Waals surface area contributed by atoms with Crippen molar-refractivity contribution < 1.29 is 27.8 Å². The van der Waals surface area contributed by atoms with E-state index in [2.05, 4.69) is 0 Å². The van der Waals surface area contributed by atoms with Crippen molar-refractivity contribution >= 4 is 39.2 Å². The molecular weight excluding hydrogens is 357 g/mol. The molecule has 22 heavy (non-hydrogen) atoms. The summed E-state index contributed by atoms with van der Waals surface area (Å²) in [5.74, 6) is -1.18. The molecule has 1 atom stereocenters. The SMILES string of the molecule is COCCOc1c(Cl)cc(S(=O)(=O)NC(C)C(=O)O)cc1Cl. The van der Waals surface area contributed by atoms with Gasteiger partial charge in [-0.3, -0.25) is 4.79 Å². The third-order valence-electron chi connectivity index (χ3n) is 2.52. The standard InChI is InChI=1S/C12H15Cl2NO6S/c1-7(12(16)17)15-22(18,19)8-5-9(13)11(10(14)6-8)21-4-3-20-2/h5-7,15H,3-4H2,1-2H3,(H,16,17). The van der Waals surface area contributed by atoms with Gasteiger partial charge >= 0.3 is 5.97 Å². The van der Waals surface area contributed by atoms with E-state index >= 15 is 0 Å². The number of hydrogen-bond acceptors (Lipinski definition) is 5. The number of carboxylic acids is 1. The highest BCUT2D eigenvalue weighted by Crippen LogP contribution is 2.35. The van der Waals surface area contributed by atoms with E-state index in [4.69, 9.17) is 37.8 Å². The molecular formula is C12H15Cl2NO6S. The summed E-state index contributed by atoms with van der Waals surface area (Å²) in [6.45, 7) is 1.70. The number of methoxy groups -OCH3 is 1. The van der Waals surface area contributed by atoms with Gasteiger partial charge in [0.25, 0.3) is 0 Å². The van der Waals surface area contributed by atoms with Crippen LogP contribution in [0.1, 0.15) is 6.92 Å². The minimum absolute atomic E-state index is 0.00745. The van der Waals surface area contributed by atoms with E-state index in [1.54, 1.807) is 0 Å². The van der Waals surface area contributed by atoms with Gasteiger partial charge in [-0.1, -0.05) is 23.2 Å². The Hall–Kier alpha value is -1.06. The fourth-order valence-corrected chi connectivity index (χ4v) is 3.38. The first-order valence-electron chi connectivity index (χ1n) is 6.05. The molecule has 0 aliphatic carbocycles. The highest BCUT2D eigenvalue weighted by Gasteiger charge is 2.23. The van der Waals surface area contributed by atoms with Gasteiger partial charge in [-0.25, -0.2) is 8.42 Å². The summed E-state index contributed by atoms with van der Waals surface area (Å²) in [6.07, 6.45) is 0. The minimum Gasteiger partial charge on any atom is -0.488 e. The zero-order valence-corrected chi connectivity index (χ0v) is 14.1. The lowest BCUT2D eigenvalue weighted by Gasteiger charge is -2.13. The number of nitrogens with one attached hydrogen (secondary N) is 1. The number of carboxylic acid groups (broad SMARTS) is 1. The van der Waals surface area contributed by atoms with E-state index in [1.165, 1.54) is 14.0 Å². The van der Waals surface area contributed by atoms with Crippen LogP contribution >= 0.6 is 23.2 Å². The molecule has 0 aliphatic heterocycles. The van der Waals surface area contributed by atoms with Gasteiger partial charge in [0.15, 0.2) is 5.75 Å². The van der Waals surface area contributed by atoms with E-state index in [1.807, 2.05) is 4.72 Å². The second-order valence-electron chi connectivity index (χ2n) is 4.24. The zero-order chi connectivity index (χ0) is 16.9. The van der Waals surface area contributed by atoms with Crippen molar-refractivity contribution in [3.8, 4) is 5.75 Å². The van der Waals surface area contributed by atoms with E-state index in [-0.39, 0.29) is 27.3 Å². The molecule has 10 heteroatoms. The summed E-state index contributed by atoms with van der Waals surface area (Å²) < 4.78 is 36.2.